The van der Waals surface area contributed by atoms with Crippen molar-refractivity contribution in [3.63, 3.8) is 0 Å². The van der Waals surface area contributed by atoms with Crippen molar-refractivity contribution in [2.24, 2.45) is 5.92 Å². The molecule has 16 heavy (non-hydrogen) atoms. The molecule has 1 saturated heterocycles. The van der Waals surface area contributed by atoms with Crippen molar-refractivity contribution in [3.8, 4) is 0 Å². The molecular weight excluding hydrogens is 241 g/mol. The Balaban J connectivity index is 2.03. The largest absolute Gasteiger partial charge is 0.443 e. The molecule has 0 saturated carbocycles. The van der Waals surface area contributed by atoms with Gasteiger partial charge < -0.3 is 5.32 Å². The molecule has 0 atom stereocenters. The molecule has 0 aromatic carbocycles. The number of hydrogen-bond acceptors (Lipinski definition) is 4. The number of Topliss-reactive ketones (excluding diaryl/α,β-unsaturated/α-hetero) is 1. The van der Waals surface area contributed by atoms with Crippen LogP contribution in [0, 0.1) is 5.92 Å². The minimum absolute atomic E-state index is 0.0965. The van der Waals surface area contributed by atoms with Gasteiger partial charge in [0, 0.05) is 12.6 Å². The lowest BCUT2D eigenvalue weighted by Crippen LogP contribution is -2.42. The summed E-state index contributed by atoms with van der Waals surface area (Å²) in [4.78, 5) is 14.9. The quantitative estimate of drug-likeness (QED) is 0.834. The highest BCUT2D eigenvalue weighted by Crippen LogP contribution is 2.33. The molecule has 1 N–H and O–H groups in total. The van der Waals surface area contributed by atoms with Crippen LogP contribution >= 0.6 is 11.3 Å². The summed E-state index contributed by atoms with van der Waals surface area (Å²) in [7, 11) is 0. The molecule has 1 aromatic heterocycles. The first kappa shape index (κ1) is 11.5. The molecule has 0 unspecified atom stereocenters. The standard InChI is InChI=1S/C9H9F3N2OS/c10-9(11,12)8-14-4-7(16-8)6(15)1-5-2-13-3-5/h4-5,13H,1-3H2. The van der Waals surface area contributed by atoms with Crippen LogP contribution in [-0.4, -0.2) is 23.9 Å². The van der Waals surface area contributed by atoms with Gasteiger partial charge >= 0.3 is 6.18 Å². The van der Waals surface area contributed by atoms with Crippen molar-refractivity contribution in [2.75, 3.05) is 13.1 Å². The highest BCUT2D eigenvalue weighted by atomic mass is 32.1. The zero-order valence-electron chi connectivity index (χ0n) is 8.17. The van der Waals surface area contributed by atoms with Crippen LogP contribution in [-0.2, 0) is 6.18 Å². The summed E-state index contributed by atoms with van der Waals surface area (Å²) in [6.45, 7) is 1.52. The fourth-order valence-corrected chi connectivity index (χ4v) is 2.12. The number of nitrogens with one attached hydrogen (secondary N) is 1. The van der Waals surface area contributed by atoms with Crippen LogP contribution in [0.5, 0.6) is 0 Å². The number of halogens is 3. The Bertz CT molecular complexity index is 398. The van der Waals surface area contributed by atoms with E-state index in [1.807, 2.05) is 0 Å². The first-order valence-corrected chi connectivity index (χ1v) is 5.55. The Labute approximate surface area is 93.7 Å². The van der Waals surface area contributed by atoms with Crippen molar-refractivity contribution in [1.29, 1.82) is 0 Å². The number of hydrogen-bond donors (Lipinski definition) is 1. The van der Waals surface area contributed by atoms with Crippen LogP contribution in [0.4, 0.5) is 13.2 Å². The van der Waals surface area contributed by atoms with Crippen LogP contribution in [0.1, 0.15) is 21.1 Å². The third kappa shape index (κ3) is 2.41. The van der Waals surface area contributed by atoms with Crippen LogP contribution < -0.4 is 5.32 Å². The van der Waals surface area contributed by atoms with E-state index in [-0.39, 0.29) is 16.6 Å². The maximum absolute atomic E-state index is 12.2. The van der Waals surface area contributed by atoms with Crippen molar-refractivity contribution < 1.29 is 18.0 Å². The molecule has 0 spiro atoms. The number of alkyl halides is 3. The molecule has 2 heterocycles. The van der Waals surface area contributed by atoms with Crippen LogP contribution in [0.2, 0.25) is 0 Å². The number of thiazole rings is 1. The second-order valence-electron chi connectivity index (χ2n) is 3.68. The summed E-state index contributed by atoms with van der Waals surface area (Å²) in [5.41, 5.74) is 0. The molecule has 3 nitrogen and oxygen atoms in total. The molecule has 2 rings (SSSR count). The molecule has 0 bridgehead atoms. The number of carbonyl (C=O) groups excluding carboxylic acids is 1. The van der Waals surface area contributed by atoms with E-state index in [4.69, 9.17) is 0 Å². The molecule has 1 aromatic rings. The van der Waals surface area contributed by atoms with E-state index in [1.54, 1.807) is 0 Å². The SMILES string of the molecule is O=C(CC1CNC1)c1cnc(C(F)(F)F)s1. The van der Waals surface area contributed by atoms with Crippen LogP contribution in [0.25, 0.3) is 0 Å². The monoisotopic (exact) mass is 250 g/mol. The summed E-state index contributed by atoms with van der Waals surface area (Å²) in [6, 6.07) is 0. The molecular formula is C9H9F3N2OS. The van der Waals surface area contributed by atoms with Gasteiger partial charge in [-0.1, -0.05) is 0 Å². The minimum atomic E-state index is -4.46. The summed E-state index contributed by atoms with van der Waals surface area (Å²) in [5.74, 6) is 0.00318. The van der Waals surface area contributed by atoms with Gasteiger partial charge in [0.2, 0.25) is 0 Å². The Morgan fingerprint density at radius 1 is 1.56 bits per heavy atom. The first-order chi connectivity index (χ1) is 7.47. The van der Waals surface area contributed by atoms with E-state index >= 15 is 0 Å². The summed E-state index contributed by atoms with van der Waals surface area (Å²) in [6.07, 6.45) is -3.14. The topological polar surface area (TPSA) is 42.0 Å². The zero-order valence-corrected chi connectivity index (χ0v) is 8.99. The molecule has 1 aliphatic heterocycles. The van der Waals surface area contributed by atoms with E-state index < -0.39 is 11.2 Å². The van der Waals surface area contributed by atoms with E-state index in [0.717, 1.165) is 19.3 Å². The van der Waals surface area contributed by atoms with Crippen molar-refractivity contribution in [3.05, 3.63) is 16.1 Å². The number of aromatic nitrogens is 1. The second-order valence-corrected chi connectivity index (χ2v) is 4.71. The average Bonchev–Trinajstić information content (AvgIpc) is 2.58. The Morgan fingerprint density at radius 2 is 2.25 bits per heavy atom. The van der Waals surface area contributed by atoms with Gasteiger partial charge in [-0.3, -0.25) is 4.79 Å². The number of carbonyl (C=O) groups is 1. The summed E-state index contributed by atoms with van der Waals surface area (Å²) < 4.78 is 36.7. The minimum Gasteiger partial charge on any atom is -0.316 e. The maximum atomic E-state index is 12.2. The predicted molar refractivity (Wildman–Crippen MR) is 52.4 cm³/mol. The van der Waals surface area contributed by atoms with Gasteiger partial charge in [-0.15, -0.1) is 11.3 Å². The molecule has 7 heteroatoms. The van der Waals surface area contributed by atoms with Gasteiger partial charge in [-0.2, -0.15) is 13.2 Å². The Morgan fingerprint density at radius 3 is 2.69 bits per heavy atom. The lowest BCUT2D eigenvalue weighted by molar-refractivity contribution is -0.137. The fraction of sp³-hybridized carbons (Fsp3) is 0.556. The van der Waals surface area contributed by atoms with Gasteiger partial charge in [0.15, 0.2) is 10.8 Å². The average molecular weight is 250 g/mol. The molecule has 1 aliphatic rings. The predicted octanol–water partition coefficient (Wildman–Crippen LogP) is 1.95. The number of ketones is 1. The van der Waals surface area contributed by atoms with E-state index in [9.17, 15) is 18.0 Å². The van der Waals surface area contributed by atoms with Crippen LogP contribution in [0.3, 0.4) is 0 Å². The number of rotatable bonds is 3. The lowest BCUT2D eigenvalue weighted by Gasteiger charge is -2.25. The molecule has 1 fully saturated rings. The van der Waals surface area contributed by atoms with Gasteiger partial charge in [0.25, 0.3) is 0 Å². The molecule has 0 aliphatic carbocycles. The smallest absolute Gasteiger partial charge is 0.316 e. The van der Waals surface area contributed by atoms with Gasteiger partial charge in [-0.05, 0) is 19.0 Å². The third-order valence-corrected chi connectivity index (χ3v) is 3.45. The van der Waals surface area contributed by atoms with Crippen molar-refractivity contribution in [1.82, 2.24) is 10.3 Å². The van der Waals surface area contributed by atoms with Gasteiger partial charge in [0.05, 0.1) is 4.88 Å². The lowest BCUT2D eigenvalue weighted by atomic mass is 9.96. The molecule has 0 radical (unpaired) electrons. The number of nitrogens with zero attached hydrogens (tertiary/aromatic N) is 1. The van der Waals surface area contributed by atoms with Gasteiger partial charge in [-0.25, -0.2) is 4.98 Å². The summed E-state index contributed by atoms with van der Waals surface area (Å²) in [5, 5.41) is 2.05. The van der Waals surface area contributed by atoms with E-state index in [1.165, 1.54) is 0 Å². The highest BCUT2D eigenvalue weighted by molar-refractivity contribution is 7.13. The van der Waals surface area contributed by atoms with E-state index in [2.05, 4.69) is 10.3 Å². The third-order valence-electron chi connectivity index (χ3n) is 2.36. The van der Waals surface area contributed by atoms with Crippen molar-refractivity contribution >= 4 is 17.1 Å². The summed E-state index contributed by atoms with van der Waals surface area (Å²) >= 11 is 0.418. The van der Waals surface area contributed by atoms with Crippen molar-refractivity contribution in [2.45, 2.75) is 12.6 Å². The van der Waals surface area contributed by atoms with Gasteiger partial charge in [0.1, 0.15) is 0 Å². The molecule has 0 amide bonds. The maximum Gasteiger partial charge on any atom is 0.443 e. The normalized spacial score (nSPS) is 17.2. The fourth-order valence-electron chi connectivity index (χ4n) is 1.39. The highest BCUT2D eigenvalue weighted by Gasteiger charge is 2.35. The Kier molecular flexibility index (Phi) is 2.98. The van der Waals surface area contributed by atoms with Crippen LogP contribution in [0.15, 0.2) is 6.20 Å². The first-order valence-electron chi connectivity index (χ1n) is 4.74. The zero-order chi connectivity index (χ0) is 11.8. The second kappa shape index (κ2) is 4.14. The Hall–Kier alpha value is -0.950. The van der Waals surface area contributed by atoms with E-state index in [0.29, 0.717) is 17.8 Å². The molecule has 88 valence electrons.